The van der Waals surface area contributed by atoms with Crippen molar-refractivity contribution < 1.29 is 14.3 Å². The number of amides is 2. The Morgan fingerprint density at radius 3 is 2.82 bits per heavy atom. The Morgan fingerprint density at radius 1 is 1.12 bits per heavy atom. The van der Waals surface area contributed by atoms with E-state index in [-0.39, 0.29) is 11.7 Å². The van der Waals surface area contributed by atoms with Crippen LogP contribution in [0, 0.1) is 6.92 Å². The number of carbonyl (C=O) groups excluding carboxylic acids is 2. The molecule has 1 aliphatic rings. The zero-order valence-electron chi connectivity index (χ0n) is 18.4. The van der Waals surface area contributed by atoms with Crippen LogP contribution >= 0.6 is 11.6 Å². The highest BCUT2D eigenvalue weighted by Crippen LogP contribution is 2.33. The fourth-order valence-electron chi connectivity index (χ4n) is 3.95. The van der Waals surface area contributed by atoms with Crippen molar-refractivity contribution in [2.24, 2.45) is 0 Å². The van der Waals surface area contributed by atoms with Crippen molar-refractivity contribution >= 4 is 46.1 Å². The predicted octanol–water partition coefficient (Wildman–Crippen LogP) is 5.47. The average Bonchev–Trinajstić information content (AvgIpc) is 3.22. The highest BCUT2D eigenvalue weighted by Gasteiger charge is 2.23. The first-order chi connectivity index (χ1) is 16.5. The first-order valence-electron chi connectivity index (χ1n) is 10.9. The van der Waals surface area contributed by atoms with Gasteiger partial charge in [0.2, 0.25) is 0 Å². The lowest BCUT2D eigenvalue weighted by Crippen LogP contribution is -2.27. The second kappa shape index (κ2) is 9.08. The normalized spacial score (nSPS) is 13.9. The van der Waals surface area contributed by atoms with Gasteiger partial charge >= 0.3 is 0 Å². The number of rotatable bonds is 5. The number of aromatic nitrogens is 1. The van der Waals surface area contributed by atoms with E-state index in [2.05, 4.69) is 40.7 Å². The van der Waals surface area contributed by atoms with Crippen LogP contribution in [0.1, 0.15) is 27.0 Å². The molecule has 2 heterocycles. The summed E-state index contributed by atoms with van der Waals surface area (Å²) in [5, 5.41) is 7.43. The van der Waals surface area contributed by atoms with Crippen LogP contribution in [0.2, 0.25) is 5.02 Å². The van der Waals surface area contributed by atoms with Crippen LogP contribution in [-0.2, 0) is 11.2 Å². The molecule has 0 aliphatic carbocycles. The summed E-state index contributed by atoms with van der Waals surface area (Å²) in [5.74, 6) is -0.0273. The third kappa shape index (κ3) is 4.40. The van der Waals surface area contributed by atoms with Gasteiger partial charge in [0.25, 0.3) is 11.8 Å². The Balaban J connectivity index is 1.26. The number of nitrogens with one attached hydrogen (secondary N) is 3. The van der Waals surface area contributed by atoms with Gasteiger partial charge in [-0.05, 0) is 66.9 Å². The number of anilines is 1. The first-order valence-corrected chi connectivity index (χ1v) is 11.3. The standard InChI is InChI=1S/C27H22ClN3O3/c1-16-6-8-22-20(12-16)19(15-30-22)10-11-29-26(32)18-7-9-24-23(13-18)31-27(33)25(34-24)14-17-4-2-3-5-21(17)28/h2-9,12-15,30H,10-11H2,1H3,(H,29,32)(H,31,33)/b25-14+. The van der Waals surface area contributed by atoms with Crippen molar-refractivity contribution in [3.63, 3.8) is 0 Å². The highest BCUT2D eigenvalue weighted by molar-refractivity contribution is 6.32. The number of ether oxygens (including phenoxy) is 1. The quantitative estimate of drug-likeness (QED) is 0.337. The molecule has 0 spiro atoms. The van der Waals surface area contributed by atoms with Crippen molar-refractivity contribution in [1.29, 1.82) is 0 Å². The number of H-pyrrole nitrogens is 1. The van der Waals surface area contributed by atoms with Crippen LogP contribution < -0.4 is 15.4 Å². The molecule has 0 radical (unpaired) electrons. The van der Waals surface area contributed by atoms with E-state index in [4.69, 9.17) is 16.3 Å². The second-order valence-electron chi connectivity index (χ2n) is 8.17. The fourth-order valence-corrected chi connectivity index (χ4v) is 4.14. The van der Waals surface area contributed by atoms with Gasteiger partial charge in [0.05, 0.1) is 5.69 Å². The van der Waals surface area contributed by atoms with Gasteiger partial charge in [-0.3, -0.25) is 9.59 Å². The van der Waals surface area contributed by atoms with E-state index in [1.807, 2.05) is 18.3 Å². The number of fused-ring (bicyclic) bond motifs is 2. The van der Waals surface area contributed by atoms with Crippen molar-refractivity contribution in [2.75, 3.05) is 11.9 Å². The molecule has 0 atom stereocenters. The van der Waals surface area contributed by atoms with Crippen LogP contribution in [0.3, 0.4) is 0 Å². The number of hydrogen-bond acceptors (Lipinski definition) is 3. The van der Waals surface area contributed by atoms with Crippen LogP contribution in [0.5, 0.6) is 5.75 Å². The maximum Gasteiger partial charge on any atom is 0.291 e. The fraction of sp³-hybridized carbons (Fsp3) is 0.111. The third-order valence-electron chi connectivity index (χ3n) is 5.73. The Morgan fingerprint density at radius 2 is 1.97 bits per heavy atom. The van der Waals surface area contributed by atoms with Crippen molar-refractivity contribution in [3.05, 3.63) is 99.9 Å². The van der Waals surface area contributed by atoms with E-state index in [1.165, 1.54) is 10.9 Å². The summed E-state index contributed by atoms with van der Waals surface area (Å²) in [6, 6.07) is 18.4. The number of aryl methyl sites for hydroxylation is 1. The molecule has 34 heavy (non-hydrogen) atoms. The van der Waals surface area contributed by atoms with Crippen molar-refractivity contribution in [1.82, 2.24) is 10.3 Å². The lowest BCUT2D eigenvalue weighted by molar-refractivity contribution is -0.115. The second-order valence-corrected chi connectivity index (χ2v) is 8.57. The first kappa shape index (κ1) is 21.8. The van der Waals surface area contributed by atoms with E-state index in [1.54, 1.807) is 36.4 Å². The molecule has 2 amide bonds. The molecule has 0 bridgehead atoms. The topological polar surface area (TPSA) is 83.2 Å². The molecule has 0 unspecified atom stereocenters. The molecule has 1 aromatic heterocycles. The molecule has 1 aliphatic heterocycles. The van der Waals surface area contributed by atoms with Crippen LogP contribution in [-0.4, -0.2) is 23.3 Å². The van der Waals surface area contributed by atoms with Crippen molar-refractivity contribution in [3.8, 4) is 5.75 Å². The van der Waals surface area contributed by atoms with E-state index in [0.717, 1.165) is 11.1 Å². The number of halogens is 1. The molecule has 3 aromatic carbocycles. The maximum atomic E-state index is 12.7. The predicted molar refractivity (Wildman–Crippen MR) is 134 cm³/mol. The number of benzene rings is 3. The van der Waals surface area contributed by atoms with Gasteiger partial charge in [0.15, 0.2) is 11.5 Å². The molecule has 0 saturated carbocycles. The number of carbonyl (C=O) groups is 2. The summed E-state index contributed by atoms with van der Waals surface area (Å²) in [5.41, 5.74) is 5.00. The summed E-state index contributed by atoms with van der Waals surface area (Å²) in [4.78, 5) is 28.5. The zero-order chi connectivity index (χ0) is 23.7. The average molecular weight is 472 g/mol. The molecule has 7 heteroatoms. The third-order valence-corrected chi connectivity index (χ3v) is 6.07. The summed E-state index contributed by atoms with van der Waals surface area (Å²) < 4.78 is 5.77. The smallest absolute Gasteiger partial charge is 0.291 e. The molecule has 4 aromatic rings. The Kier molecular flexibility index (Phi) is 5.82. The van der Waals surface area contributed by atoms with E-state index in [9.17, 15) is 9.59 Å². The van der Waals surface area contributed by atoms with Gasteiger partial charge in [-0.1, -0.05) is 41.4 Å². The zero-order valence-corrected chi connectivity index (χ0v) is 19.2. The van der Waals surface area contributed by atoms with E-state index >= 15 is 0 Å². The Hall–Kier alpha value is -4.03. The number of hydrogen-bond donors (Lipinski definition) is 3. The van der Waals surface area contributed by atoms with Crippen LogP contribution in [0.15, 0.2) is 72.6 Å². The minimum absolute atomic E-state index is 0.131. The monoisotopic (exact) mass is 471 g/mol. The minimum Gasteiger partial charge on any atom is -0.449 e. The lowest BCUT2D eigenvalue weighted by atomic mass is 10.1. The SMILES string of the molecule is Cc1ccc2[nH]cc(CCNC(=O)c3ccc4c(c3)NC(=O)/C(=C\c3ccccc3Cl)O4)c2c1. The van der Waals surface area contributed by atoms with Gasteiger partial charge in [0.1, 0.15) is 0 Å². The Bertz CT molecular complexity index is 1450. The maximum absolute atomic E-state index is 12.7. The molecule has 3 N–H and O–H groups in total. The van der Waals surface area contributed by atoms with Gasteiger partial charge in [-0.25, -0.2) is 0 Å². The molecule has 0 saturated heterocycles. The number of aromatic amines is 1. The van der Waals surface area contributed by atoms with Crippen LogP contribution in [0.25, 0.3) is 17.0 Å². The van der Waals surface area contributed by atoms with Crippen LogP contribution in [0.4, 0.5) is 5.69 Å². The summed E-state index contributed by atoms with van der Waals surface area (Å²) >= 11 is 6.18. The van der Waals surface area contributed by atoms with Gasteiger partial charge < -0.3 is 20.4 Å². The van der Waals surface area contributed by atoms with E-state index in [0.29, 0.717) is 40.6 Å². The lowest BCUT2D eigenvalue weighted by Gasteiger charge is -2.20. The molecule has 5 rings (SSSR count). The minimum atomic E-state index is -0.403. The van der Waals surface area contributed by atoms with Gasteiger partial charge in [-0.15, -0.1) is 0 Å². The molecular weight excluding hydrogens is 450 g/mol. The van der Waals surface area contributed by atoms with Gasteiger partial charge in [-0.2, -0.15) is 0 Å². The largest absolute Gasteiger partial charge is 0.449 e. The molecule has 6 nitrogen and oxygen atoms in total. The molecule has 170 valence electrons. The molecular formula is C27H22ClN3O3. The summed E-state index contributed by atoms with van der Waals surface area (Å²) in [6.45, 7) is 2.55. The summed E-state index contributed by atoms with van der Waals surface area (Å²) in [7, 11) is 0. The van der Waals surface area contributed by atoms with Gasteiger partial charge in [0, 0.05) is 34.2 Å². The highest BCUT2D eigenvalue weighted by atomic mass is 35.5. The van der Waals surface area contributed by atoms with Crippen molar-refractivity contribution in [2.45, 2.75) is 13.3 Å². The molecule has 0 fully saturated rings. The summed E-state index contributed by atoms with van der Waals surface area (Å²) in [6.07, 6.45) is 4.28. The Labute approximate surface area is 201 Å². The van der Waals surface area contributed by atoms with E-state index < -0.39 is 5.91 Å².